The summed E-state index contributed by atoms with van der Waals surface area (Å²) < 4.78 is 10.3. The Morgan fingerprint density at radius 2 is 2.05 bits per heavy atom. The van der Waals surface area contributed by atoms with Crippen LogP contribution in [0.15, 0.2) is 30.3 Å². The number of unbranched alkanes of at least 4 members (excludes halogenated alkanes) is 2. The maximum absolute atomic E-state index is 11.1. The highest BCUT2D eigenvalue weighted by molar-refractivity contribution is 9.09. The monoisotopic (exact) mass is 326 g/mol. The van der Waals surface area contributed by atoms with Crippen LogP contribution in [0.1, 0.15) is 24.8 Å². The van der Waals surface area contributed by atoms with Gasteiger partial charge in [-0.1, -0.05) is 34.1 Å². The maximum atomic E-state index is 11.1. The van der Waals surface area contributed by atoms with E-state index in [0.717, 1.165) is 35.9 Å². The molecular formula is C15H19BrO3. The third kappa shape index (κ3) is 6.43. The number of rotatable bonds is 8. The lowest BCUT2D eigenvalue weighted by atomic mass is 10.2. The van der Waals surface area contributed by atoms with Crippen molar-refractivity contribution in [1.82, 2.24) is 0 Å². The molecule has 0 bridgehead atoms. The first-order chi connectivity index (χ1) is 9.27. The molecule has 0 atom stereocenters. The Kier molecular flexibility index (Phi) is 7.98. The number of hydrogen-bond donors (Lipinski definition) is 0. The molecule has 0 aliphatic rings. The molecule has 3 nitrogen and oxygen atoms in total. The van der Waals surface area contributed by atoms with Crippen LogP contribution in [0.25, 0.3) is 6.08 Å². The van der Waals surface area contributed by atoms with E-state index in [1.807, 2.05) is 24.3 Å². The molecule has 0 unspecified atom stereocenters. The van der Waals surface area contributed by atoms with E-state index in [1.165, 1.54) is 13.2 Å². The Morgan fingerprint density at radius 1 is 1.26 bits per heavy atom. The van der Waals surface area contributed by atoms with Crippen LogP contribution in [-0.2, 0) is 9.53 Å². The molecule has 0 aliphatic carbocycles. The molecule has 104 valence electrons. The van der Waals surface area contributed by atoms with E-state index in [0.29, 0.717) is 6.61 Å². The molecule has 0 spiro atoms. The first-order valence-electron chi connectivity index (χ1n) is 6.31. The molecule has 4 heteroatoms. The van der Waals surface area contributed by atoms with Gasteiger partial charge in [0.15, 0.2) is 0 Å². The summed E-state index contributed by atoms with van der Waals surface area (Å²) in [6.07, 6.45) is 6.44. The van der Waals surface area contributed by atoms with Crippen LogP contribution in [0.2, 0.25) is 0 Å². The van der Waals surface area contributed by atoms with Gasteiger partial charge in [-0.25, -0.2) is 4.79 Å². The highest BCUT2D eigenvalue weighted by Crippen LogP contribution is 2.20. The molecule has 1 aromatic carbocycles. The molecule has 0 saturated heterocycles. The molecule has 1 aromatic rings. The van der Waals surface area contributed by atoms with Gasteiger partial charge in [0.05, 0.1) is 13.7 Å². The van der Waals surface area contributed by atoms with E-state index >= 15 is 0 Å². The standard InChI is InChI=1S/C15H19BrO3/c1-18-15(17)10-9-13-7-3-4-8-14(13)19-12-6-2-5-11-16/h3-4,7-10H,2,5-6,11-12H2,1H3/b10-9+. The van der Waals surface area contributed by atoms with Gasteiger partial charge in [0.1, 0.15) is 5.75 Å². The lowest BCUT2D eigenvalue weighted by molar-refractivity contribution is -0.134. The first-order valence-corrected chi connectivity index (χ1v) is 7.44. The number of esters is 1. The van der Waals surface area contributed by atoms with Crippen molar-refractivity contribution < 1.29 is 14.3 Å². The minimum atomic E-state index is -0.368. The minimum Gasteiger partial charge on any atom is -0.493 e. The average molecular weight is 327 g/mol. The third-order valence-electron chi connectivity index (χ3n) is 2.55. The number of carbonyl (C=O) groups is 1. The number of carbonyl (C=O) groups excluding carboxylic acids is 1. The number of hydrogen-bond acceptors (Lipinski definition) is 3. The van der Waals surface area contributed by atoms with Crippen LogP contribution in [0.5, 0.6) is 5.75 Å². The number of methoxy groups -OCH3 is 1. The van der Waals surface area contributed by atoms with Gasteiger partial charge >= 0.3 is 5.97 Å². The van der Waals surface area contributed by atoms with Crippen LogP contribution in [0.3, 0.4) is 0 Å². The SMILES string of the molecule is COC(=O)/C=C/c1ccccc1OCCCCCBr. The molecular weight excluding hydrogens is 308 g/mol. The summed E-state index contributed by atoms with van der Waals surface area (Å²) in [6.45, 7) is 0.691. The Bertz CT molecular complexity index is 416. The number of alkyl halides is 1. The maximum Gasteiger partial charge on any atom is 0.330 e. The van der Waals surface area contributed by atoms with E-state index in [1.54, 1.807) is 6.08 Å². The van der Waals surface area contributed by atoms with Crippen LogP contribution in [0.4, 0.5) is 0 Å². The fraction of sp³-hybridized carbons (Fsp3) is 0.400. The van der Waals surface area contributed by atoms with Crippen molar-refractivity contribution in [3.05, 3.63) is 35.9 Å². The quantitative estimate of drug-likeness (QED) is 0.315. The Labute approximate surface area is 122 Å². The summed E-state index contributed by atoms with van der Waals surface area (Å²) in [5, 5.41) is 1.03. The number of benzene rings is 1. The van der Waals surface area contributed by atoms with Gasteiger partial charge in [-0.2, -0.15) is 0 Å². The van der Waals surface area contributed by atoms with Crippen LogP contribution in [0, 0.1) is 0 Å². The zero-order valence-electron chi connectivity index (χ0n) is 11.1. The summed E-state index contributed by atoms with van der Waals surface area (Å²) in [6, 6.07) is 7.65. The summed E-state index contributed by atoms with van der Waals surface area (Å²) in [5.74, 6) is 0.425. The molecule has 0 aromatic heterocycles. The smallest absolute Gasteiger partial charge is 0.330 e. The van der Waals surface area contributed by atoms with Gasteiger partial charge in [0.2, 0.25) is 0 Å². The second kappa shape index (κ2) is 9.62. The van der Waals surface area contributed by atoms with E-state index in [2.05, 4.69) is 20.7 Å². The van der Waals surface area contributed by atoms with Crippen LogP contribution < -0.4 is 4.74 Å². The van der Waals surface area contributed by atoms with Gasteiger partial charge in [-0.3, -0.25) is 0 Å². The molecule has 0 saturated carbocycles. The second-order valence-electron chi connectivity index (χ2n) is 3.99. The molecule has 19 heavy (non-hydrogen) atoms. The molecule has 0 heterocycles. The summed E-state index contributed by atoms with van der Waals surface area (Å²) in [5.41, 5.74) is 0.883. The molecule has 0 amide bonds. The van der Waals surface area contributed by atoms with Gasteiger partial charge in [0.25, 0.3) is 0 Å². The topological polar surface area (TPSA) is 35.5 Å². The fourth-order valence-corrected chi connectivity index (χ4v) is 1.93. The molecule has 0 radical (unpaired) electrons. The van der Waals surface area contributed by atoms with E-state index in [-0.39, 0.29) is 5.97 Å². The summed E-state index contributed by atoms with van der Waals surface area (Å²) in [4.78, 5) is 11.1. The number of para-hydroxylation sites is 1. The van der Waals surface area contributed by atoms with Gasteiger partial charge in [-0.05, 0) is 31.4 Å². The highest BCUT2D eigenvalue weighted by atomic mass is 79.9. The number of ether oxygens (including phenoxy) is 2. The van der Waals surface area contributed by atoms with E-state index in [9.17, 15) is 4.79 Å². The predicted molar refractivity (Wildman–Crippen MR) is 80.6 cm³/mol. The van der Waals surface area contributed by atoms with Crippen molar-refractivity contribution >= 4 is 28.0 Å². The highest BCUT2D eigenvalue weighted by Gasteiger charge is 2.00. The molecule has 0 fully saturated rings. The van der Waals surface area contributed by atoms with Gasteiger partial charge in [-0.15, -0.1) is 0 Å². The zero-order valence-corrected chi connectivity index (χ0v) is 12.7. The summed E-state index contributed by atoms with van der Waals surface area (Å²) in [7, 11) is 1.36. The van der Waals surface area contributed by atoms with Crippen molar-refractivity contribution in [3.8, 4) is 5.75 Å². The lowest BCUT2D eigenvalue weighted by Gasteiger charge is -2.08. The predicted octanol–water partition coefficient (Wildman–Crippen LogP) is 3.82. The molecule has 0 N–H and O–H groups in total. The lowest BCUT2D eigenvalue weighted by Crippen LogP contribution is -1.99. The molecule has 0 aliphatic heterocycles. The minimum absolute atomic E-state index is 0.368. The zero-order chi connectivity index (χ0) is 13.9. The van der Waals surface area contributed by atoms with E-state index < -0.39 is 0 Å². The van der Waals surface area contributed by atoms with Crippen molar-refractivity contribution in [2.45, 2.75) is 19.3 Å². The fourth-order valence-electron chi connectivity index (χ4n) is 1.53. The number of halogens is 1. The summed E-state index contributed by atoms with van der Waals surface area (Å²) >= 11 is 3.41. The van der Waals surface area contributed by atoms with Crippen molar-refractivity contribution in [3.63, 3.8) is 0 Å². The largest absolute Gasteiger partial charge is 0.493 e. The normalized spacial score (nSPS) is 10.6. The van der Waals surface area contributed by atoms with Crippen molar-refractivity contribution in [2.24, 2.45) is 0 Å². The first kappa shape index (κ1) is 15.8. The Balaban J connectivity index is 2.53. The van der Waals surface area contributed by atoms with Crippen LogP contribution in [-0.4, -0.2) is 25.0 Å². The second-order valence-corrected chi connectivity index (χ2v) is 4.79. The third-order valence-corrected chi connectivity index (χ3v) is 3.12. The van der Waals surface area contributed by atoms with Crippen molar-refractivity contribution in [1.29, 1.82) is 0 Å². The van der Waals surface area contributed by atoms with Gasteiger partial charge < -0.3 is 9.47 Å². The average Bonchev–Trinajstić information content (AvgIpc) is 2.45. The van der Waals surface area contributed by atoms with Crippen molar-refractivity contribution in [2.75, 3.05) is 19.0 Å². The molecule has 1 rings (SSSR count). The Hall–Kier alpha value is -1.29. The van der Waals surface area contributed by atoms with E-state index in [4.69, 9.17) is 4.74 Å². The Morgan fingerprint density at radius 3 is 2.79 bits per heavy atom. The van der Waals surface area contributed by atoms with Crippen LogP contribution >= 0.6 is 15.9 Å². The van der Waals surface area contributed by atoms with Gasteiger partial charge in [0, 0.05) is 17.0 Å².